The van der Waals surface area contributed by atoms with Gasteiger partial charge in [0.2, 0.25) is 5.91 Å². The zero-order valence-corrected chi connectivity index (χ0v) is 29.5. The van der Waals surface area contributed by atoms with Crippen molar-refractivity contribution < 1.29 is 42.9 Å². The largest absolute Gasteiger partial charge is 0.494 e. The van der Waals surface area contributed by atoms with Crippen molar-refractivity contribution in [3.63, 3.8) is 0 Å². The summed E-state index contributed by atoms with van der Waals surface area (Å²) in [6.07, 6.45) is 9.54. The Morgan fingerprint density at radius 1 is 0.887 bits per heavy atom. The van der Waals surface area contributed by atoms with Crippen LogP contribution in [-0.2, 0) is 35.1 Å². The van der Waals surface area contributed by atoms with E-state index in [1.807, 2.05) is 6.07 Å². The van der Waals surface area contributed by atoms with Crippen LogP contribution in [0.4, 0.5) is 0 Å². The zero-order valence-electron chi connectivity index (χ0n) is 29.5. The van der Waals surface area contributed by atoms with Crippen molar-refractivity contribution in [1.29, 1.82) is 0 Å². The van der Waals surface area contributed by atoms with E-state index in [9.17, 15) is 19.2 Å². The van der Waals surface area contributed by atoms with Gasteiger partial charge in [-0.25, -0.2) is 14.6 Å². The fourth-order valence-electron chi connectivity index (χ4n) is 5.45. The van der Waals surface area contributed by atoms with Gasteiger partial charge in [0.1, 0.15) is 18.7 Å². The molecule has 1 aliphatic heterocycles. The lowest BCUT2D eigenvalue weighted by Crippen LogP contribution is -2.52. The lowest BCUT2D eigenvalue weighted by Gasteiger charge is -2.34. The van der Waals surface area contributed by atoms with Crippen LogP contribution in [0.25, 0.3) is 16.7 Å². The number of hydrogen-bond acceptors (Lipinski definition) is 12. The molecule has 53 heavy (non-hydrogen) atoms. The number of nitrogens with zero attached hydrogens (tertiary/aromatic N) is 6. The molecule has 0 saturated carbocycles. The van der Waals surface area contributed by atoms with Crippen molar-refractivity contribution >= 4 is 34.4 Å². The van der Waals surface area contributed by atoms with E-state index in [4.69, 9.17) is 30.1 Å². The summed E-state index contributed by atoms with van der Waals surface area (Å²) < 4.78 is 28.2. The van der Waals surface area contributed by atoms with Crippen molar-refractivity contribution in [2.45, 2.75) is 13.0 Å². The van der Waals surface area contributed by atoms with Crippen molar-refractivity contribution in [2.24, 2.45) is 0 Å². The Morgan fingerprint density at radius 3 is 2.23 bits per heavy atom. The Hall–Kier alpha value is -5.67. The molecule has 0 unspecified atom stereocenters. The highest BCUT2D eigenvalue weighted by Gasteiger charge is 2.31. The summed E-state index contributed by atoms with van der Waals surface area (Å²) in [7, 11) is 1.44. The summed E-state index contributed by atoms with van der Waals surface area (Å²) in [5.41, 5.74) is 1.08. The topological polar surface area (TPSA) is 192 Å². The number of ketones is 1. The molecule has 280 valence electrons. The van der Waals surface area contributed by atoms with Gasteiger partial charge in [-0.15, -0.1) is 11.5 Å². The molecule has 1 aromatic carbocycles. The van der Waals surface area contributed by atoms with Crippen LogP contribution >= 0.6 is 0 Å². The van der Waals surface area contributed by atoms with Crippen LogP contribution in [0.2, 0.25) is 0 Å². The first-order chi connectivity index (χ1) is 25.9. The van der Waals surface area contributed by atoms with E-state index >= 15 is 0 Å². The molecule has 0 atom stereocenters. The molecule has 4 aromatic rings. The summed E-state index contributed by atoms with van der Waals surface area (Å²) >= 11 is 0. The van der Waals surface area contributed by atoms with Crippen molar-refractivity contribution in [3.8, 4) is 23.9 Å². The van der Waals surface area contributed by atoms with Crippen LogP contribution in [-0.4, -0.2) is 144 Å². The maximum Gasteiger partial charge on any atom is 0.295 e. The van der Waals surface area contributed by atoms with Gasteiger partial charge in [-0.05, 0) is 12.1 Å². The number of terminal acetylenes is 1. The van der Waals surface area contributed by atoms with Crippen molar-refractivity contribution in [1.82, 2.24) is 39.8 Å². The molecule has 17 heteroatoms. The van der Waals surface area contributed by atoms with Gasteiger partial charge in [0.15, 0.2) is 11.6 Å². The first kappa shape index (κ1) is 38.6. The molecule has 0 spiro atoms. The minimum absolute atomic E-state index is 0.0647. The number of carbonyl (C=O) groups is 4. The number of carbonyl (C=O) groups excluding carboxylic acids is 4. The highest BCUT2D eigenvalue weighted by atomic mass is 16.6. The predicted octanol–water partition coefficient (Wildman–Crippen LogP) is 1.03. The van der Waals surface area contributed by atoms with Crippen molar-refractivity contribution in [3.05, 3.63) is 66.0 Å². The lowest BCUT2D eigenvalue weighted by atomic mass is 10.1. The molecular formula is C36H42N8O9. The number of hydrogen-bond donors (Lipinski definition) is 2. The minimum atomic E-state index is -0.725. The fraction of sp³-hybridized carbons (Fsp3) is 0.417. The number of rotatable bonds is 20. The molecule has 5 rings (SSSR count). The maximum atomic E-state index is 13.6. The van der Waals surface area contributed by atoms with E-state index in [1.54, 1.807) is 29.2 Å². The number of methoxy groups -OCH3 is 1. The van der Waals surface area contributed by atoms with E-state index in [-0.39, 0.29) is 62.4 Å². The zero-order chi connectivity index (χ0) is 37.4. The average Bonchev–Trinajstić information content (AvgIpc) is 3.86. The lowest BCUT2D eigenvalue weighted by molar-refractivity contribution is -0.127. The van der Waals surface area contributed by atoms with E-state index in [1.165, 1.54) is 35.4 Å². The number of H-pyrrole nitrogens is 1. The highest BCUT2D eigenvalue weighted by Crippen LogP contribution is 2.32. The summed E-state index contributed by atoms with van der Waals surface area (Å²) in [5, 5.41) is 7.56. The summed E-state index contributed by atoms with van der Waals surface area (Å²) in [6, 6.07) is 8.93. The summed E-state index contributed by atoms with van der Waals surface area (Å²) in [5.74, 6) is 1.53. The molecule has 1 saturated heterocycles. The van der Waals surface area contributed by atoms with Gasteiger partial charge in [-0.3, -0.25) is 19.2 Å². The first-order valence-corrected chi connectivity index (χ1v) is 17.0. The van der Waals surface area contributed by atoms with Crippen LogP contribution in [0, 0.1) is 12.3 Å². The van der Waals surface area contributed by atoms with Crippen LogP contribution < -0.4 is 10.1 Å². The Bertz CT molecular complexity index is 1880. The third-order valence-electron chi connectivity index (χ3n) is 8.16. The number of benzene rings is 1. The fourth-order valence-corrected chi connectivity index (χ4v) is 5.45. The number of aromatic amines is 1. The normalized spacial score (nSPS) is 12.8. The van der Waals surface area contributed by atoms with Crippen LogP contribution in [0.1, 0.15) is 33.0 Å². The minimum Gasteiger partial charge on any atom is -0.494 e. The second-order valence-electron chi connectivity index (χ2n) is 11.6. The number of amides is 3. The molecule has 0 aliphatic carbocycles. The third kappa shape index (κ3) is 10.5. The number of piperazine rings is 1. The standard InChI is InChI=1S/C36H42N8O9/c1-3-14-50-16-18-52-20-21-53-19-17-51-15-9-30(45)37-24-29-40-25-44(41-29)34-32-31(28(49-2)23-39-34)27(22-38-32)33(46)36(48)43-12-10-42(11-13-43)35(47)26-7-5-4-6-8-26/h1,4-8,22-23,25,38H,9-21,24H2,2H3,(H,37,45). The van der Waals surface area contributed by atoms with Gasteiger partial charge in [0.05, 0.1) is 82.6 Å². The quantitative estimate of drug-likeness (QED) is 0.0569. The van der Waals surface area contributed by atoms with Gasteiger partial charge in [-0.2, -0.15) is 0 Å². The second-order valence-corrected chi connectivity index (χ2v) is 11.6. The smallest absolute Gasteiger partial charge is 0.295 e. The number of ether oxygens (including phenoxy) is 5. The highest BCUT2D eigenvalue weighted by molar-refractivity contribution is 6.45. The number of aromatic nitrogens is 5. The van der Waals surface area contributed by atoms with E-state index < -0.39 is 11.7 Å². The number of fused-ring (bicyclic) bond motifs is 1. The predicted molar refractivity (Wildman–Crippen MR) is 189 cm³/mol. The first-order valence-electron chi connectivity index (χ1n) is 17.0. The van der Waals surface area contributed by atoms with E-state index in [2.05, 4.69) is 31.3 Å². The van der Waals surface area contributed by atoms with Crippen LogP contribution in [0.5, 0.6) is 5.75 Å². The van der Waals surface area contributed by atoms with Gasteiger partial charge in [-0.1, -0.05) is 24.1 Å². The van der Waals surface area contributed by atoms with Gasteiger partial charge in [0.25, 0.3) is 17.6 Å². The van der Waals surface area contributed by atoms with Gasteiger partial charge >= 0.3 is 0 Å². The molecule has 1 fully saturated rings. The molecule has 0 bridgehead atoms. The second kappa shape index (κ2) is 19.8. The molecule has 17 nitrogen and oxygen atoms in total. The summed E-state index contributed by atoms with van der Waals surface area (Å²) in [6.45, 7) is 4.02. The third-order valence-corrected chi connectivity index (χ3v) is 8.16. The molecule has 3 amide bonds. The molecular weight excluding hydrogens is 688 g/mol. The molecule has 1 aliphatic rings. The number of pyridine rings is 1. The van der Waals surface area contributed by atoms with Crippen molar-refractivity contribution in [2.75, 3.05) is 86.1 Å². The van der Waals surface area contributed by atoms with Crippen LogP contribution in [0.15, 0.2) is 49.1 Å². The molecule has 0 radical (unpaired) electrons. The Morgan fingerprint density at radius 2 is 1.55 bits per heavy atom. The van der Waals surface area contributed by atoms with E-state index in [0.717, 1.165) is 0 Å². The van der Waals surface area contributed by atoms with E-state index in [0.29, 0.717) is 80.8 Å². The van der Waals surface area contributed by atoms with Gasteiger partial charge in [0, 0.05) is 44.4 Å². The van der Waals surface area contributed by atoms with Crippen LogP contribution in [0.3, 0.4) is 0 Å². The number of Topliss-reactive ketones (excluding diaryl/α,β-unsaturated/α-hetero) is 1. The average molecular weight is 731 g/mol. The molecule has 2 N–H and O–H groups in total. The monoisotopic (exact) mass is 730 g/mol. The SMILES string of the molecule is C#CCOCCOCCOCCOCCC(=O)NCc1ncn(-c2ncc(OC)c3c(C(=O)C(=O)N4CCN(C(=O)c5ccccc5)CC4)c[nH]c23)n1. The molecule has 4 heterocycles. The Balaban J connectivity index is 1.08. The number of nitrogens with one attached hydrogen (secondary N) is 2. The van der Waals surface area contributed by atoms with Gasteiger partial charge < -0.3 is 43.8 Å². The Kier molecular flexibility index (Phi) is 14.4. The maximum absolute atomic E-state index is 13.6. The Labute approximate surface area is 305 Å². The summed E-state index contributed by atoms with van der Waals surface area (Å²) in [4.78, 5) is 67.0. The molecule has 3 aromatic heterocycles.